The highest BCUT2D eigenvalue weighted by Gasteiger charge is 2.22. The lowest BCUT2D eigenvalue weighted by molar-refractivity contribution is 0.0794. The molecule has 0 aromatic heterocycles. The van der Waals surface area contributed by atoms with Gasteiger partial charge in [0.1, 0.15) is 0 Å². The third-order valence-corrected chi connectivity index (χ3v) is 6.93. The predicted octanol–water partition coefficient (Wildman–Crippen LogP) is 4.28. The number of nitrogens with zero attached hydrogens (tertiary/aromatic N) is 1. The zero-order chi connectivity index (χ0) is 23.4. The molecule has 0 saturated carbocycles. The summed E-state index contributed by atoms with van der Waals surface area (Å²) in [5, 5.41) is 2.80. The average molecular weight is 464 g/mol. The summed E-state index contributed by atoms with van der Waals surface area (Å²) in [4.78, 5) is 27.5. The standard InChI is InChI=1S/C25H25N3O4S/c1-18-8-14-21(15-9-18)33(31,32)27-20-12-10-19(11-13-20)24(29)26-23-7-3-2-6-22(23)25(30)28-16-4-5-17-28/h2-3,6-15,27H,4-5,16-17H2,1H3,(H,26,29). The highest BCUT2D eigenvalue weighted by Crippen LogP contribution is 2.22. The summed E-state index contributed by atoms with van der Waals surface area (Å²) in [6, 6.07) is 19.6. The summed E-state index contributed by atoms with van der Waals surface area (Å²) in [6.07, 6.45) is 1.97. The summed E-state index contributed by atoms with van der Waals surface area (Å²) in [7, 11) is -3.73. The van der Waals surface area contributed by atoms with E-state index in [9.17, 15) is 18.0 Å². The van der Waals surface area contributed by atoms with Gasteiger partial charge in [-0.2, -0.15) is 0 Å². The fourth-order valence-electron chi connectivity index (χ4n) is 3.68. The van der Waals surface area contributed by atoms with Gasteiger partial charge in [0.15, 0.2) is 0 Å². The molecule has 2 N–H and O–H groups in total. The summed E-state index contributed by atoms with van der Waals surface area (Å²) >= 11 is 0. The lowest BCUT2D eigenvalue weighted by Crippen LogP contribution is -2.28. The first-order valence-electron chi connectivity index (χ1n) is 10.7. The molecule has 2 amide bonds. The Labute approximate surface area is 193 Å². The maximum atomic E-state index is 12.8. The minimum Gasteiger partial charge on any atom is -0.339 e. The van der Waals surface area contributed by atoms with Crippen molar-refractivity contribution in [3.63, 3.8) is 0 Å². The van der Waals surface area contributed by atoms with Gasteiger partial charge in [0.25, 0.3) is 21.8 Å². The molecule has 0 spiro atoms. The quantitative estimate of drug-likeness (QED) is 0.570. The number of aryl methyl sites for hydroxylation is 1. The van der Waals surface area contributed by atoms with Gasteiger partial charge in [-0.25, -0.2) is 8.42 Å². The highest BCUT2D eigenvalue weighted by atomic mass is 32.2. The van der Waals surface area contributed by atoms with Gasteiger partial charge in [-0.3, -0.25) is 14.3 Å². The van der Waals surface area contributed by atoms with Crippen LogP contribution in [0.25, 0.3) is 0 Å². The maximum absolute atomic E-state index is 12.8. The molecule has 1 saturated heterocycles. The van der Waals surface area contributed by atoms with Crippen molar-refractivity contribution >= 4 is 33.2 Å². The van der Waals surface area contributed by atoms with Crippen molar-refractivity contribution in [2.75, 3.05) is 23.1 Å². The first kappa shape index (κ1) is 22.5. The highest BCUT2D eigenvalue weighted by molar-refractivity contribution is 7.92. The van der Waals surface area contributed by atoms with Crippen molar-refractivity contribution in [2.24, 2.45) is 0 Å². The number of para-hydroxylation sites is 1. The zero-order valence-corrected chi connectivity index (χ0v) is 19.1. The van der Waals surface area contributed by atoms with Crippen LogP contribution in [0.2, 0.25) is 0 Å². The van der Waals surface area contributed by atoms with Crippen LogP contribution in [0.1, 0.15) is 39.1 Å². The molecule has 170 valence electrons. The van der Waals surface area contributed by atoms with E-state index in [-0.39, 0.29) is 16.7 Å². The topological polar surface area (TPSA) is 95.6 Å². The Morgan fingerprint density at radius 1 is 0.848 bits per heavy atom. The molecule has 1 heterocycles. The molecule has 0 bridgehead atoms. The van der Waals surface area contributed by atoms with E-state index >= 15 is 0 Å². The van der Waals surface area contributed by atoms with E-state index in [1.807, 2.05) is 6.92 Å². The third-order valence-electron chi connectivity index (χ3n) is 5.53. The van der Waals surface area contributed by atoms with Crippen molar-refractivity contribution in [3.8, 4) is 0 Å². The summed E-state index contributed by atoms with van der Waals surface area (Å²) in [6.45, 7) is 3.33. The molecule has 33 heavy (non-hydrogen) atoms. The molecular weight excluding hydrogens is 438 g/mol. The van der Waals surface area contributed by atoms with Crippen molar-refractivity contribution in [2.45, 2.75) is 24.7 Å². The van der Waals surface area contributed by atoms with Gasteiger partial charge in [0.2, 0.25) is 0 Å². The first-order valence-corrected chi connectivity index (χ1v) is 12.2. The van der Waals surface area contributed by atoms with Crippen molar-refractivity contribution in [1.29, 1.82) is 0 Å². The molecule has 1 aliphatic heterocycles. The molecule has 4 rings (SSSR count). The number of rotatable bonds is 6. The van der Waals surface area contributed by atoms with Crippen LogP contribution in [-0.4, -0.2) is 38.2 Å². The number of sulfonamides is 1. The van der Waals surface area contributed by atoms with Gasteiger partial charge < -0.3 is 10.2 Å². The predicted molar refractivity (Wildman–Crippen MR) is 128 cm³/mol. The van der Waals surface area contributed by atoms with E-state index in [0.717, 1.165) is 31.5 Å². The minimum atomic E-state index is -3.73. The van der Waals surface area contributed by atoms with Crippen LogP contribution >= 0.6 is 0 Å². The second kappa shape index (κ2) is 9.46. The molecule has 0 radical (unpaired) electrons. The molecule has 0 atom stereocenters. The largest absolute Gasteiger partial charge is 0.339 e. The second-order valence-electron chi connectivity index (χ2n) is 7.99. The summed E-state index contributed by atoms with van der Waals surface area (Å²) in [5.41, 5.74) is 2.56. The van der Waals surface area contributed by atoms with Gasteiger partial charge in [-0.1, -0.05) is 29.8 Å². The number of hydrogen-bond donors (Lipinski definition) is 2. The molecule has 1 fully saturated rings. The van der Waals surface area contributed by atoms with Crippen LogP contribution in [0.3, 0.4) is 0 Å². The van der Waals surface area contributed by atoms with E-state index in [0.29, 0.717) is 22.5 Å². The van der Waals surface area contributed by atoms with E-state index < -0.39 is 10.0 Å². The number of amides is 2. The lowest BCUT2D eigenvalue weighted by Gasteiger charge is -2.18. The van der Waals surface area contributed by atoms with E-state index in [1.54, 1.807) is 53.4 Å². The molecule has 7 nitrogen and oxygen atoms in total. The van der Waals surface area contributed by atoms with Gasteiger partial charge in [0, 0.05) is 24.3 Å². The smallest absolute Gasteiger partial charge is 0.261 e. The monoisotopic (exact) mass is 463 g/mol. The Bertz CT molecular complexity index is 1260. The molecule has 8 heteroatoms. The first-order chi connectivity index (χ1) is 15.8. The number of hydrogen-bond acceptors (Lipinski definition) is 4. The maximum Gasteiger partial charge on any atom is 0.261 e. The number of carbonyl (C=O) groups is 2. The average Bonchev–Trinajstić information content (AvgIpc) is 3.34. The fraction of sp³-hybridized carbons (Fsp3) is 0.200. The number of nitrogens with one attached hydrogen (secondary N) is 2. The summed E-state index contributed by atoms with van der Waals surface area (Å²) in [5.74, 6) is -0.478. The number of benzene rings is 3. The van der Waals surface area contributed by atoms with Gasteiger partial charge in [-0.15, -0.1) is 0 Å². The molecule has 1 aliphatic rings. The van der Waals surface area contributed by atoms with Crippen molar-refractivity contribution in [1.82, 2.24) is 4.90 Å². The van der Waals surface area contributed by atoms with E-state index in [4.69, 9.17) is 0 Å². The van der Waals surface area contributed by atoms with Crippen molar-refractivity contribution < 1.29 is 18.0 Å². The molecular formula is C25H25N3O4S. The molecule has 3 aromatic rings. The van der Waals surface area contributed by atoms with Crippen LogP contribution in [0.4, 0.5) is 11.4 Å². The van der Waals surface area contributed by atoms with Gasteiger partial charge in [-0.05, 0) is 68.3 Å². The lowest BCUT2D eigenvalue weighted by atomic mass is 10.1. The summed E-state index contributed by atoms with van der Waals surface area (Å²) < 4.78 is 27.6. The van der Waals surface area contributed by atoms with Crippen LogP contribution in [0.5, 0.6) is 0 Å². The minimum absolute atomic E-state index is 0.0933. The molecule has 0 unspecified atom stereocenters. The number of anilines is 2. The normalized spacial score (nSPS) is 13.5. The van der Waals surface area contributed by atoms with Crippen molar-refractivity contribution in [3.05, 3.63) is 89.5 Å². The zero-order valence-electron chi connectivity index (χ0n) is 18.2. The SMILES string of the molecule is Cc1ccc(S(=O)(=O)Nc2ccc(C(=O)Nc3ccccc3C(=O)N3CCCC3)cc2)cc1. The van der Waals surface area contributed by atoms with Gasteiger partial charge >= 0.3 is 0 Å². The molecule has 3 aromatic carbocycles. The molecule has 0 aliphatic carbocycles. The number of likely N-dealkylation sites (tertiary alicyclic amines) is 1. The van der Waals surface area contributed by atoms with Gasteiger partial charge in [0.05, 0.1) is 16.1 Å². The second-order valence-corrected chi connectivity index (χ2v) is 9.68. The Balaban J connectivity index is 1.46. The van der Waals surface area contributed by atoms with Crippen LogP contribution in [0, 0.1) is 6.92 Å². The Morgan fingerprint density at radius 2 is 1.48 bits per heavy atom. The van der Waals surface area contributed by atoms with Crippen LogP contribution in [-0.2, 0) is 10.0 Å². The Kier molecular flexibility index (Phi) is 6.46. The van der Waals surface area contributed by atoms with Crippen LogP contribution in [0.15, 0.2) is 77.7 Å². The Hall–Kier alpha value is -3.65. The Morgan fingerprint density at radius 3 is 2.15 bits per heavy atom. The fourth-order valence-corrected chi connectivity index (χ4v) is 4.74. The van der Waals surface area contributed by atoms with E-state index in [2.05, 4.69) is 10.0 Å². The number of carbonyl (C=O) groups excluding carboxylic acids is 2. The van der Waals surface area contributed by atoms with E-state index in [1.165, 1.54) is 24.3 Å². The van der Waals surface area contributed by atoms with Crippen LogP contribution < -0.4 is 10.0 Å². The third kappa shape index (κ3) is 5.23.